The van der Waals surface area contributed by atoms with Crippen molar-refractivity contribution in [3.8, 4) is 11.5 Å². The molecule has 0 saturated carbocycles. The summed E-state index contributed by atoms with van der Waals surface area (Å²) in [4.78, 5) is 14.4. The number of fused-ring (bicyclic) bond motifs is 2. The predicted octanol–water partition coefficient (Wildman–Crippen LogP) is 5.49. The van der Waals surface area contributed by atoms with Gasteiger partial charge in [-0.15, -0.1) is 0 Å². The van der Waals surface area contributed by atoms with Gasteiger partial charge in [-0.2, -0.15) is 0 Å². The van der Waals surface area contributed by atoms with E-state index in [9.17, 15) is 4.79 Å². The van der Waals surface area contributed by atoms with E-state index in [1.54, 1.807) is 0 Å². The molecule has 0 aliphatic carbocycles. The smallest absolute Gasteiger partial charge is 0.320 e. The van der Waals surface area contributed by atoms with Crippen molar-refractivity contribution in [1.29, 1.82) is 0 Å². The maximum atomic E-state index is 12.1. The molecule has 0 unspecified atom stereocenters. The van der Waals surface area contributed by atoms with Crippen LogP contribution in [0.15, 0.2) is 18.2 Å². The van der Waals surface area contributed by atoms with Crippen LogP contribution in [-0.4, -0.2) is 49.3 Å². The van der Waals surface area contributed by atoms with Crippen LogP contribution >= 0.6 is 0 Å². The summed E-state index contributed by atoms with van der Waals surface area (Å²) < 4.78 is 17.5. The maximum absolute atomic E-state index is 12.1. The molecule has 0 radical (unpaired) electrons. The largest absolute Gasteiger partial charge is 0.493 e. The fraction of sp³-hybridized carbons (Fsp3) is 0.731. The monoisotopic (exact) mass is 431 g/mol. The third kappa shape index (κ3) is 6.86. The molecule has 1 fully saturated rings. The molecule has 1 aromatic rings. The number of esters is 1. The number of nitrogens with zero attached hydrogens (tertiary/aromatic N) is 1. The van der Waals surface area contributed by atoms with E-state index in [4.69, 9.17) is 14.2 Å². The number of ether oxygens (including phenoxy) is 3. The van der Waals surface area contributed by atoms with Crippen LogP contribution in [0.2, 0.25) is 0 Å². The van der Waals surface area contributed by atoms with E-state index < -0.39 is 5.60 Å². The van der Waals surface area contributed by atoms with Crippen molar-refractivity contribution in [2.45, 2.75) is 90.1 Å². The van der Waals surface area contributed by atoms with E-state index in [-0.39, 0.29) is 11.4 Å². The highest BCUT2D eigenvalue weighted by molar-refractivity contribution is 5.72. The van der Waals surface area contributed by atoms with Crippen molar-refractivity contribution in [1.82, 2.24) is 4.90 Å². The molecule has 0 aromatic heterocycles. The Morgan fingerprint density at radius 1 is 1.10 bits per heavy atom. The molecule has 2 heterocycles. The summed E-state index contributed by atoms with van der Waals surface area (Å²) in [5, 5.41) is 0. The minimum Gasteiger partial charge on any atom is -0.493 e. The van der Waals surface area contributed by atoms with Crippen molar-refractivity contribution < 1.29 is 19.0 Å². The van der Waals surface area contributed by atoms with Crippen LogP contribution < -0.4 is 9.47 Å². The Morgan fingerprint density at radius 3 is 2.52 bits per heavy atom. The number of piperidine rings is 1. The van der Waals surface area contributed by atoms with Crippen molar-refractivity contribution >= 4 is 5.97 Å². The molecule has 1 saturated heterocycles. The Kier molecular flexibility index (Phi) is 8.26. The number of hydrogen-bond acceptors (Lipinski definition) is 5. The highest BCUT2D eigenvalue weighted by Gasteiger charge is 2.43. The molecule has 0 atom stereocenters. The molecule has 1 spiro atoms. The van der Waals surface area contributed by atoms with Gasteiger partial charge in [0.25, 0.3) is 0 Å². The summed E-state index contributed by atoms with van der Waals surface area (Å²) in [6, 6.07) is 6.36. The number of benzene rings is 1. The zero-order valence-corrected chi connectivity index (χ0v) is 20.0. The second-order valence-corrected chi connectivity index (χ2v) is 10.2. The quantitative estimate of drug-likeness (QED) is 0.362. The maximum Gasteiger partial charge on any atom is 0.320 e. The van der Waals surface area contributed by atoms with Crippen LogP contribution in [0.5, 0.6) is 11.5 Å². The summed E-state index contributed by atoms with van der Waals surface area (Å²) in [5.74, 6) is 1.74. The summed E-state index contributed by atoms with van der Waals surface area (Å²) >= 11 is 0. The summed E-state index contributed by atoms with van der Waals surface area (Å²) in [6.07, 6.45) is 9.61. The van der Waals surface area contributed by atoms with Crippen LogP contribution in [0.1, 0.15) is 84.6 Å². The number of likely N-dealkylation sites (tertiary alicyclic amines) is 1. The van der Waals surface area contributed by atoms with Gasteiger partial charge in [-0.05, 0) is 59.2 Å². The van der Waals surface area contributed by atoms with E-state index in [2.05, 4.69) is 30.0 Å². The van der Waals surface area contributed by atoms with Gasteiger partial charge in [-0.25, -0.2) is 0 Å². The lowest BCUT2D eigenvalue weighted by Gasteiger charge is -2.38. The molecule has 5 nitrogen and oxygen atoms in total. The number of carbonyl (C=O) groups excluding carboxylic acids is 1. The number of hydrogen-bond donors (Lipinski definition) is 0. The molecule has 2 aliphatic rings. The lowest BCUT2D eigenvalue weighted by atomic mass is 9.74. The first-order chi connectivity index (χ1) is 14.8. The second kappa shape index (κ2) is 10.7. The van der Waals surface area contributed by atoms with Crippen LogP contribution in [0.3, 0.4) is 0 Å². The molecular weight excluding hydrogens is 390 g/mol. The van der Waals surface area contributed by atoms with Gasteiger partial charge in [-0.1, -0.05) is 45.1 Å². The van der Waals surface area contributed by atoms with Gasteiger partial charge in [0, 0.05) is 17.0 Å². The third-order valence-electron chi connectivity index (χ3n) is 6.38. The SMILES string of the molecule is CCCCCCCCOc1ccc2c(c1)OCC21CCN(CC(=O)OC(C)(C)C)CC1. The number of unbranched alkanes of at least 4 members (excludes halogenated alkanes) is 5. The Morgan fingerprint density at radius 2 is 1.81 bits per heavy atom. The van der Waals surface area contributed by atoms with Gasteiger partial charge in [0.15, 0.2) is 0 Å². The average molecular weight is 432 g/mol. The molecule has 5 heteroatoms. The first kappa shape index (κ1) is 23.9. The highest BCUT2D eigenvalue weighted by Crippen LogP contribution is 2.46. The highest BCUT2D eigenvalue weighted by atomic mass is 16.6. The van der Waals surface area contributed by atoms with Gasteiger partial charge in [0.05, 0.1) is 19.8 Å². The minimum absolute atomic E-state index is 0.0670. The lowest BCUT2D eigenvalue weighted by molar-refractivity contribution is -0.156. The van der Waals surface area contributed by atoms with Crippen LogP contribution in [0.4, 0.5) is 0 Å². The first-order valence-electron chi connectivity index (χ1n) is 12.2. The van der Waals surface area contributed by atoms with E-state index in [0.717, 1.165) is 57.1 Å². The third-order valence-corrected chi connectivity index (χ3v) is 6.38. The van der Waals surface area contributed by atoms with Gasteiger partial charge in [-0.3, -0.25) is 9.69 Å². The Hall–Kier alpha value is -1.75. The molecule has 0 bridgehead atoms. The zero-order valence-electron chi connectivity index (χ0n) is 20.0. The number of carbonyl (C=O) groups is 1. The minimum atomic E-state index is -0.429. The standard InChI is InChI=1S/C26H41NO4/c1-5-6-7-8-9-10-17-29-21-11-12-22-23(18-21)30-20-26(22)13-15-27(16-14-26)19-24(28)31-25(2,3)4/h11-12,18H,5-10,13-17,19-20H2,1-4H3. The van der Waals surface area contributed by atoms with Crippen LogP contribution in [0, 0.1) is 0 Å². The lowest BCUT2D eigenvalue weighted by Crippen LogP contribution is -2.46. The summed E-state index contributed by atoms with van der Waals surface area (Å²) in [5.41, 5.74) is 0.940. The topological polar surface area (TPSA) is 48.0 Å². The van der Waals surface area contributed by atoms with Gasteiger partial charge >= 0.3 is 5.97 Å². The van der Waals surface area contributed by atoms with Crippen molar-refractivity contribution in [2.24, 2.45) is 0 Å². The Balaban J connectivity index is 1.46. The van der Waals surface area contributed by atoms with E-state index in [0.29, 0.717) is 6.54 Å². The molecule has 31 heavy (non-hydrogen) atoms. The van der Waals surface area contributed by atoms with Crippen molar-refractivity contribution in [3.05, 3.63) is 23.8 Å². The zero-order chi connectivity index (χ0) is 22.3. The summed E-state index contributed by atoms with van der Waals surface area (Å²) in [7, 11) is 0. The summed E-state index contributed by atoms with van der Waals surface area (Å²) in [6.45, 7) is 11.6. The first-order valence-corrected chi connectivity index (χ1v) is 12.2. The van der Waals surface area contributed by atoms with E-state index >= 15 is 0 Å². The fourth-order valence-electron chi connectivity index (χ4n) is 4.63. The van der Waals surface area contributed by atoms with Gasteiger partial charge in [0.1, 0.15) is 17.1 Å². The molecular formula is C26H41NO4. The molecule has 174 valence electrons. The predicted molar refractivity (Wildman–Crippen MR) is 124 cm³/mol. The van der Waals surface area contributed by atoms with E-state index in [1.165, 1.54) is 37.7 Å². The van der Waals surface area contributed by atoms with Gasteiger partial charge in [0.2, 0.25) is 0 Å². The normalized spacial score (nSPS) is 17.9. The van der Waals surface area contributed by atoms with Crippen LogP contribution in [-0.2, 0) is 14.9 Å². The number of rotatable bonds is 10. The second-order valence-electron chi connectivity index (χ2n) is 10.2. The van der Waals surface area contributed by atoms with Crippen LogP contribution in [0.25, 0.3) is 0 Å². The molecule has 2 aliphatic heterocycles. The van der Waals surface area contributed by atoms with E-state index in [1.807, 2.05) is 20.8 Å². The fourth-order valence-corrected chi connectivity index (χ4v) is 4.63. The molecule has 1 aromatic carbocycles. The average Bonchev–Trinajstić information content (AvgIpc) is 3.05. The Labute approximate surface area is 188 Å². The Bertz CT molecular complexity index is 717. The van der Waals surface area contributed by atoms with Gasteiger partial charge < -0.3 is 14.2 Å². The van der Waals surface area contributed by atoms with Crippen molar-refractivity contribution in [2.75, 3.05) is 32.8 Å². The molecule has 0 amide bonds. The molecule has 0 N–H and O–H groups in total. The van der Waals surface area contributed by atoms with Crippen molar-refractivity contribution in [3.63, 3.8) is 0 Å². The molecule has 3 rings (SSSR count).